The number of ether oxygens (including phenoxy) is 4. The van der Waals surface area contributed by atoms with Crippen molar-refractivity contribution in [1.29, 1.82) is 0 Å². The third-order valence-electron chi connectivity index (χ3n) is 7.37. The number of benzene rings is 3. The van der Waals surface area contributed by atoms with Gasteiger partial charge in [-0.1, -0.05) is 55.7 Å². The van der Waals surface area contributed by atoms with Gasteiger partial charge in [0.25, 0.3) is 0 Å². The molecule has 8 heteroatoms. The molecule has 0 aliphatic rings. The largest absolute Gasteiger partial charge is 0.493 e. The van der Waals surface area contributed by atoms with Gasteiger partial charge in [0.2, 0.25) is 0 Å². The van der Waals surface area contributed by atoms with Gasteiger partial charge in [0.1, 0.15) is 34.1 Å². The molecular weight excluding hydrogens is 575 g/mol. The number of carbonyl (C=O) groups is 2. The normalized spacial score (nSPS) is 12.4. The molecule has 7 nitrogen and oxygen atoms in total. The molecule has 0 spiro atoms. The molecule has 3 aromatic carbocycles. The quantitative estimate of drug-likeness (QED) is 0.0804. The fraction of sp³-hybridized carbons (Fsp3) is 0.444. The van der Waals surface area contributed by atoms with Crippen molar-refractivity contribution in [2.75, 3.05) is 32.6 Å². The minimum atomic E-state index is -1.65. The zero-order valence-electron chi connectivity index (χ0n) is 27.1. The van der Waals surface area contributed by atoms with Gasteiger partial charge in [-0.2, -0.15) is 0 Å². The Kier molecular flexibility index (Phi) is 13.0. The first-order valence-electron chi connectivity index (χ1n) is 15.4. The number of Topliss-reactive ketones (excluding diaryl/α,β-unsaturated/α-hetero) is 2. The molecule has 236 valence electrons. The lowest BCUT2D eigenvalue weighted by atomic mass is 9.67. The lowest BCUT2D eigenvalue weighted by molar-refractivity contribution is 0.0634. The van der Waals surface area contributed by atoms with Crippen LogP contribution in [0.5, 0.6) is 23.0 Å². The fourth-order valence-electron chi connectivity index (χ4n) is 5.79. The minimum absolute atomic E-state index is 0.0566. The molecule has 0 N–H and O–H groups in total. The third-order valence-corrected chi connectivity index (χ3v) is 9.20. The minimum Gasteiger partial charge on any atom is -0.493 e. The highest BCUT2D eigenvalue weighted by atomic mass is 31.1. The Morgan fingerprint density at radius 1 is 0.659 bits per heavy atom. The summed E-state index contributed by atoms with van der Waals surface area (Å²) in [4.78, 5) is 29.7. The second-order valence-corrected chi connectivity index (χ2v) is 13.0. The van der Waals surface area contributed by atoms with Gasteiger partial charge < -0.3 is 18.9 Å². The van der Waals surface area contributed by atoms with Crippen LogP contribution in [0.1, 0.15) is 75.6 Å². The molecular formula is C36H46O7P+. The number of carbonyl (C=O) groups excluding carboxylic acids is 2. The van der Waals surface area contributed by atoms with Gasteiger partial charge in [-0.15, -0.1) is 0 Å². The summed E-state index contributed by atoms with van der Waals surface area (Å²) in [6, 6.07) is 19.8. The van der Waals surface area contributed by atoms with Crippen molar-refractivity contribution in [1.82, 2.24) is 0 Å². The second kappa shape index (κ2) is 16.4. The summed E-state index contributed by atoms with van der Waals surface area (Å²) < 4.78 is 36.8. The van der Waals surface area contributed by atoms with E-state index < -0.39 is 30.7 Å². The second-order valence-electron chi connectivity index (χ2n) is 11.3. The van der Waals surface area contributed by atoms with Crippen molar-refractivity contribution in [3.63, 3.8) is 0 Å². The van der Waals surface area contributed by atoms with Gasteiger partial charge in [-0.3, -0.25) is 9.59 Å². The molecule has 44 heavy (non-hydrogen) atoms. The molecule has 2 atom stereocenters. The molecule has 3 aromatic rings. The van der Waals surface area contributed by atoms with Crippen molar-refractivity contribution in [2.24, 2.45) is 17.3 Å². The zero-order valence-corrected chi connectivity index (χ0v) is 27.9. The van der Waals surface area contributed by atoms with E-state index in [1.807, 2.05) is 78.8 Å². The Labute approximate surface area is 263 Å². The predicted molar refractivity (Wildman–Crippen MR) is 176 cm³/mol. The first kappa shape index (κ1) is 34.8. The topological polar surface area (TPSA) is 88.1 Å². The Bertz CT molecular complexity index is 1300. The summed E-state index contributed by atoms with van der Waals surface area (Å²) in [7, 11) is -1.65. The van der Waals surface area contributed by atoms with Gasteiger partial charge in [0.15, 0.2) is 23.0 Å². The van der Waals surface area contributed by atoms with E-state index in [0.717, 1.165) is 5.30 Å². The molecule has 0 radical (unpaired) electrons. The van der Waals surface area contributed by atoms with Crippen LogP contribution in [0, 0.1) is 17.3 Å². The Hall–Kier alpha value is -3.70. The van der Waals surface area contributed by atoms with Crippen LogP contribution in [-0.2, 0) is 4.57 Å². The maximum absolute atomic E-state index is 14.8. The highest BCUT2D eigenvalue weighted by Gasteiger charge is 2.46. The maximum atomic E-state index is 14.8. The van der Waals surface area contributed by atoms with Crippen molar-refractivity contribution in [2.45, 2.75) is 54.9 Å². The summed E-state index contributed by atoms with van der Waals surface area (Å²) >= 11 is 0. The van der Waals surface area contributed by atoms with Crippen molar-refractivity contribution in [3.8, 4) is 23.0 Å². The van der Waals surface area contributed by atoms with E-state index in [9.17, 15) is 14.2 Å². The van der Waals surface area contributed by atoms with Crippen LogP contribution in [0.2, 0.25) is 0 Å². The molecule has 0 saturated heterocycles. The molecule has 0 saturated carbocycles. The van der Waals surface area contributed by atoms with Crippen LogP contribution in [0.3, 0.4) is 0 Å². The van der Waals surface area contributed by atoms with Gasteiger partial charge >= 0.3 is 7.80 Å². The molecule has 0 fully saturated rings. The average molecular weight is 622 g/mol. The molecule has 0 aliphatic heterocycles. The fourth-order valence-corrected chi connectivity index (χ4v) is 7.20. The molecule has 0 bridgehead atoms. The van der Waals surface area contributed by atoms with Crippen molar-refractivity contribution >= 4 is 24.7 Å². The van der Waals surface area contributed by atoms with Crippen LogP contribution < -0.4 is 24.3 Å². The highest BCUT2D eigenvalue weighted by Crippen LogP contribution is 2.45. The maximum Gasteiger partial charge on any atom is 0.377 e. The van der Waals surface area contributed by atoms with Crippen LogP contribution in [0.4, 0.5) is 0 Å². The van der Waals surface area contributed by atoms with Crippen LogP contribution >= 0.6 is 7.80 Å². The monoisotopic (exact) mass is 621 g/mol. The average Bonchev–Trinajstić information content (AvgIpc) is 2.98. The van der Waals surface area contributed by atoms with Gasteiger partial charge in [0, 0.05) is 5.92 Å². The van der Waals surface area contributed by atoms with Crippen molar-refractivity contribution in [3.05, 3.63) is 77.9 Å². The Morgan fingerprint density at radius 3 is 1.41 bits per heavy atom. The SMILES string of the molecule is CCOc1cccc(OCC)c1C(=O)C(C(=O)c1c(OCC)cccc1OCC)C(C)(C)CC(C)C[P+](=O)c1ccccc1. The van der Waals surface area contributed by atoms with Crippen LogP contribution in [0.25, 0.3) is 0 Å². The molecule has 0 amide bonds. The lowest BCUT2D eigenvalue weighted by Crippen LogP contribution is -2.39. The lowest BCUT2D eigenvalue weighted by Gasteiger charge is -2.35. The Balaban J connectivity index is 2.16. The summed E-state index contributed by atoms with van der Waals surface area (Å²) in [5.74, 6) is -0.566. The van der Waals surface area contributed by atoms with E-state index in [-0.39, 0.29) is 17.0 Å². The van der Waals surface area contributed by atoms with Gasteiger partial charge in [0.05, 0.1) is 32.3 Å². The van der Waals surface area contributed by atoms with Crippen LogP contribution in [-0.4, -0.2) is 44.2 Å². The van der Waals surface area contributed by atoms with E-state index in [2.05, 4.69) is 0 Å². The summed E-state index contributed by atoms with van der Waals surface area (Å²) in [5, 5.41) is 0.787. The van der Waals surface area contributed by atoms with E-state index in [4.69, 9.17) is 18.9 Å². The van der Waals surface area contributed by atoms with E-state index in [1.54, 1.807) is 36.4 Å². The molecule has 2 unspecified atom stereocenters. The smallest absolute Gasteiger partial charge is 0.377 e. The third kappa shape index (κ3) is 8.47. The molecule has 3 rings (SSSR count). The summed E-state index contributed by atoms with van der Waals surface area (Å²) in [6.45, 7) is 14.6. The predicted octanol–water partition coefficient (Wildman–Crippen LogP) is 8.17. The van der Waals surface area contributed by atoms with Gasteiger partial charge in [-0.05, 0) is 75.9 Å². The molecule has 0 aliphatic carbocycles. The zero-order chi connectivity index (χ0) is 32.3. The van der Waals surface area contributed by atoms with E-state index in [0.29, 0.717) is 62.0 Å². The van der Waals surface area contributed by atoms with Gasteiger partial charge in [-0.25, -0.2) is 0 Å². The summed E-state index contributed by atoms with van der Waals surface area (Å²) in [6.07, 6.45) is 0.891. The number of hydrogen-bond acceptors (Lipinski definition) is 7. The number of rotatable bonds is 18. The van der Waals surface area contributed by atoms with Crippen LogP contribution in [0.15, 0.2) is 66.7 Å². The Morgan fingerprint density at radius 2 is 1.05 bits per heavy atom. The first-order chi connectivity index (χ1) is 21.1. The molecule has 0 aromatic heterocycles. The first-order valence-corrected chi connectivity index (χ1v) is 16.9. The summed E-state index contributed by atoms with van der Waals surface area (Å²) in [5.41, 5.74) is -0.401. The molecule has 0 heterocycles. The van der Waals surface area contributed by atoms with E-state index >= 15 is 0 Å². The number of ketones is 2. The highest BCUT2D eigenvalue weighted by molar-refractivity contribution is 7.53. The van der Waals surface area contributed by atoms with E-state index in [1.165, 1.54) is 0 Å². The number of hydrogen-bond donors (Lipinski definition) is 0. The van der Waals surface area contributed by atoms with Crippen molar-refractivity contribution < 1.29 is 33.1 Å². The standard InChI is InChI=1S/C36H46O7P/c1-8-40-27-19-15-20-28(41-9-2)31(27)34(37)33(35(38)32-29(42-10-3)21-16-22-30(32)43-11-4)36(6,7)23-25(5)24-44(39)26-17-13-12-14-18-26/h12-22,25,33H,8-11,23-24H2,1-7H3/q+1.